The fraction of sp³-hybridized carbons (Fsp3) is 0.636. The van der Waals surface area contributed by atoms with Crippen LogP contribution in [-0.4, -0.2) is 62.6 Å². The van der Waals surface area contributed by atoms with Gasteiger partial charge in [0.15, 0.2) is 5.65 Å². The number of fused-ring (bicyclic) bond motifs is 1. The fourth-order valence-corrected chi connectivity index (χ4v) is 3.94. The summed E-state index contributed by atoms with van der Waals surface area (Å²) < 4.78 is 1.90. The number of nitrogens with zero attached hydrogens (tertiary/aromatic N) is 5. The van der Waals surface area contributed by atoms with Crippen molar-refractivity contribution < 1.29 is 9.59 Å². The van der Waals surface area contributed by atoms with Gasteiger partial charge in [0.25, 0.3) is 5.91 Å². The summed E-state index contributed by atoms with van der Waals surface area (Å²) in [7, 11) is 0. The van der Waals surface area contributed by atoms with Crippen LogP contribution in [0.1, 0.15) is 75.5 Å². The molecule has 1 aliphatic carbocycles. The summed E-state index contributed by atoms with van der Waals surface area (Å²) in [6.07, 6.45) is 4.04. The molecule has 7 heteroatoms. The lowest BCUT2D eigenvalue weighted by Crippen LogP contribution is -2.53. The third kappa shape index (κ3) is 3.74. The van der Waals surface area contributed by atoms with Crippen molar-refractivity contribution in [2.45, 2.75) is 59.4 Å². The van der Waals surface area contributed by atoms with Gasteiger partial charge in [-0.05, 0) is 32.8 Å². The smallest absolute Gasteiger partial charge is 0.254 e. The molecule has 0 spiro atoms. The summed E-state index contributed by atoms with van der Waals surface area (Å²) in [5, 5.41) is 5.32. The topological polar surface area (TPSA) is 71.3 Å². The minimum Gasteiger partial charge on any atom is -0.339 e. The predicted octanol–water partition coefficient (Wildman–Crippen LogP) is 3.22. The van der Waals surface area contributed by atoms with Gasteiger partial charge in [-0.1, -0.05) is 20.8 Å². The number of piperazine rings is 1. The standard InChI is InChI=1S/C22H31N5O2/c1-14(2)27-19-17(13-23-27)16(12-18(24-19)15-6-7-15)20(28)25-8-10-26(11-9-25)21(29)22(3,4)5/h12-15H,6-11H2,1-5H3. The summed E-state index contributed by atoms with van der Waals surface area (Å²) in [6.45, 7) is 12.2. The van der Waals surface area contributed by atoms with E-state index in [0.717, 1.165) is 29.6 Å². The zero-order valence-electron chi connectivity index (χ0n) is 18.1. The van der Waals surface area contributed by atoms with E-state index in [1.165, 1.54) is 0 Å². The molecular formula is C22H31N5O2. The first-order valence-electron chi connectivity index (χ1n) is 10.6. The Morgan fingerprint density at radius 1 is 1.07 bits per heavy atom. The van der Waals surface area contributed by atoms with E-state index in [4.69, 9.17) is 4.98 Å². The molecular weight excluding hydrogens is 366 g/mol. The van der Waals surface area contributed by atoms with E-state index in [-0.39, 0.29) is 17.9 Å². The Morgan fingerprint density at radius 2 is 1.69 bits per heavy atom. The lowest BCUT2D eigenvalue weighted by molar-refractivity contribution is -0.140. The van der Waals surface area contributed by atoms with Crippen LogP contribution in [0.2, 0.25) is 0 Å². The molecule has 1 saturated heterocycles. The summed E-state index contributed by atoms with van der Waals surface area (Å²) in [5.74, 6) is 0.623. The van der Waals surface area contributed by atoms with Crippen LogP contribution in [0.4, 0.5) is 0 Å². The molecule has 2 fully saturated rings. The number of hydrogen-bond donors (Lipinski definition) is 0. The van der Waals surface area contributed by atoms with E-state index < -0.39 is 5.41 Å². The number of carbonyl (C=O) groups is 2. The number of hydrogen-bond acceptors (Lipinski definition) is 4. The van der Waals surface area contributed by atoms with Crippen LogP contribution in [0.15, 0.2) is 12.3 Å². The molecule has 156 valence electrons. The van der Waals surface area contributed by atoms with Crippen molar-refractivity contribution >= 4 is 22.8 Å². The molecule has 2 aliphatic rings. The number of amides is 2. The van der Waals surface area contributed by atoms with Gasteiger partial charge in [0, 0.05) is 49.2 Å². The van der Waals surface area contributed by atoms with Crippen molar-refractivity contribution in [3.05, 3.63) is 23.5 Å². The molecule has 0 bridgehead atoms. The van der Waals surface area contributed by atoms with E-state index in [0.29, 0.717) is 37.7 Å². The molecule has 2 amide bonds. The monoisotopic (exact) mass is 397 g/mol. The number of aromatic nitrogens is 3. The Morgan fingerprint density at radius 3 is 2.24 bits per heavy atom. The summed E-state index contributed by atoms with van der Waals surface area (Å²) in [6, 6.07) is 2.16. The molecule has 0 N–H and O–H groups in total. The third-order valence-corrected chi connectivity index (χ3v) is 5.80. The summed E-state index contributed by atoms with van der Waals surface area (Å²) in [4.78, 5) is 34.5. The SMILES string of the molecule is CC(C)n1ncc2c(C(=O)N3CCN(C(=O)C(C)(C)C)CC3)cc(C3CC3)nc21. The molecule has 7 nitrogen and oxygen atoms in total. The Labute approximate surface area is 172 Å². The van der Waals surface area contributed by atoms with Crippen molar-refractivity contribution in [1.82, 2.24) is 24.6 Å². The number of carbonyl (C=O) groups excluding carboxylic acids is 2. The van der Waals surface area contributed by atoms with Crippen molar-refractivity contribution in [2.24, 2.45) is 5.41 Å². The van der Waals surface area contributed by atoms with Crippen molar-refractivity contribution in [1.29, 1.82) is 0 Å². The highest BCUT2D eigenvalue weighted by molar-refractivity contribution is 6.05. The maximum Gasteiger partial charge on any atom is 0.254 e. The first-order chi connectivity index (χ1) is 13.7. The highest BCUT2D eigenvalue weighted by Gasteiger charge is 2.33. The van der Waals surface area contributed by atoms with E-state index in [2.05, 4.69) is 18.9 Å². The van der Waals surface area contributed by atoms with Crippen molar-refractivity contribution in [3.63, 3.8) is 0 Å². The first kappa shape index (κ1) is 19.9. The quantitative estimate of drug-likeness (QED) is 0.797. The van der Waals surface area contributed by atoms with Gasteiger partial charge in [0.05, 0.1) is 17.1 Å². The Kier molecular flexibility index (Phi) is 4.87. The highest BCUT2D eigenvalue weighted by Crippen LogP contribution is 2.40. The number of pyridine rings is 1. The second kappa shape index (κ2) is 7.11. The molecule has 2 aromatic rings. The van der Waals surface area contributed by atoms with E-state index >= 15 is 0 Å². The molecule has 3 heterocycles. The van der Waals surface area contributed by atoms with Gasteiger partial charge in [0.1, 0.15) is 0 Å². The Balaban J connectivity index is 1.60. The molecule has 1 saturated carbocycles. The first-order valence-corrected chi connectivity index (χ1v) is 10.6. The molecule has 0 radical (unpaired) electrons. The number of rotatable bonds is 3. The molecule has 0 unspecified atom stereocenters. The van der Waals surface area contributed by atoms with Crippen molar-refractivity contribution in [3.8, 4) is 0 Å². The summed E-state index contributed by atoms with van der Waals surface area (Å²) >= 11 is 0. The maximum absolute atomic E-state index is 13.4. The minimum atomic E-state index is -0.395. The second-order valence-corrected chi connectivity index (χ2v) is 9.62. The van der Waals surface area contributed by atoms with Gasteiger partial charge >= 0.3 is 0 Å². The van der Waals surface area contributed by atoms with Crippen molar-refractivity contribution in [2.75, 3.05) is 26.2 Å². The fourth-order valence-electron chi connectivity index (χ4n) is 3.94. The van der Waals surface area contributed by atoms with Gasteiger partial charge in [-0.15, -0.1) is 0 Å². The zero-order valence-corrected chi connectivity index (χ0v) is 18.1. The van der Waals surface area contributed by atoms with Crippen LogP contribution in [0.25, 0.3) is 11.0 Å². The minimum absolute atomic E-state index is 0.0189. The van der Waals surface area contributed by atoms with Crippen LogP contribution in [-0.2, 0) is 4.79 Å². The van der Waals surface area contributed by atoms with Crippen LogP contribution < -0.4 is 0 Å². The van der Waals surface area contributed by atoms with Gasteiger partial charge < -0.3 is 9.80 Å². The maximum atomic E-state index is 13.4. The second-order valence-electron chi connectivity index (χ2n) is 9.62. The molecule has 2 aromatic heterocycles. The van der Waals surface area contributed by atoms with Gasteiger partial charge in [0.2, 0.25) is 5.91 Å². The lowest BCUT2D eigenvalue weighted by atomic mass is 9.94. The summed E-state index contributed by atoms with van der Waals surface area (Å²) in [5.41, 5.74) is 2.10. The average Bonchev–Trinajstić information content (AvgIpc) is 3.44. The van der Waals surface area contributed by atoms with Crippen LogP contribution in [0.3, 0.4) is 0 Å². The van der Waals surface area contributed by atoms with Crippen LogP contribution in [0.5, 0.6) is 0 Å². The molecule has 4 rings (SSSR count). The van der Waals surface area contributed by atoms with Crippen LogP contribution >= 0.6 is 0 Å². The highest BCUT2D eigenvalue weighted by atomic mass is 16.2. The van der Waals surface area contributed by atoms with Gasteiger partial charge in [-0.3, -0.25) is 9.59 Å². The average molecular weight is 398 g/mol. The van der Waals surface area contributed by atoms with Gasteiger partial charge in [-0.2, -0.15) is 5.10 Å². The normalized spacial score (nSPS) is 18.0. The van der Waals surface area contributed by atoms with E-state index in [1.807, 2.05) is 41.3 Å². The Bertz CT molecular complexity index is 944. The van der Waals surface area contributed by atoms with E-state index in [1.54, 1.807) is 6.20 Å². The van der Waals surface area contributed by atoms with E-state index in [9.17, 15) is 9.59 Å². The lowest BCUT2D eigenvalue weighted by Gasteiger charge is -2.37. The van der Waals surface area contributed by atoms with Gasteiger partial charge in [-0.25, -0.2) is 9.67 Å². The molecule has 1 aliphatic heterocycles. The Hall–Kier alpha value is -2.44. The van der Waals surface area contributed by atoms with Crippen LogP contribution in [0, 0.1) is 5.41 Å². The molecule has 29 heavy (non-hydrogen) atoms. The zero-order chi connectivity index (χ0) is 20.9. The third-order valence-electron chi connectivity index (χ3n) is 5.80. The largest absolute Gasteiger partial charge is 0.339 e. The molecule has 0 aromatic carbocycles. The molecule has 0 atom stereocenters. The predicted molar refractivity (Wildman–Crippen MR) is 112 cm³/mol.